The maximum atomic E-state index is 11.7. The first kappa shape index (κ1) is 12.9. The van der Waals surface area contributed by atoms with Gasteiger partial charge in [0.05, 0.1) is 11.8 Å². The molecule has 1 aromatic heterocycles. The van der Waals surface area contributed by atoms with Crippen molar-refractivity contribution < 1.29 is 4.79 Å². The van der Waals surface area contributed by atoms with E-state index in [1.807, 2.05) is 13.1 Å². The molecule has 0 spiro atoms. The van der Waals surface area contributed by atoms with Gasteiger partial charge in [-0.25, -0.2) is 0 Å². The van der Waals surface area contributed by atoms with Crippen molar-refractivity contribution in [1.82, 2.24) is 15.1 Å². The molecule has 0 amide bonds. The zero-order valence-electron chi connectivity index (χ0n) is 10.4. The van der Waals surface area contributed by atoms with Crippen molar-refractivity contribution in [2.45, 2.75) is 46.2 Å². The first-order valence-electron chi connectivity index (χ1n) is 5.92. The molecule has 0 atom stereocenters. The van der Waals surface area contributed by atoms with Gasteiger partial charge in [0.15, 0.2) is 5.78 Å². The molecule has 4 nitrogen and oxygen atoms in total. The summed E-state index contributed by atoms with van der Waals surface area (Å²) in [4.78, 5) is 11.7. The SMILES string of the molecule is CCn1cc(C(=O)CCCNC(C)C)cn1. The van der Waals surface area contributed by atoms with Gasteiger partial charge in [0.1, 0.15) is 0 Å². The number of hydrogen-bond acceptors (Lipinski definition) is 3. The minimum absolute atomic E-state index is 0.185. The average Bonchev–Trinajstić information content (AvgIpc) is 2.72. The maximum Gasteiger partial charge on any atom is 0.166 e. The van der Waals surface area contributed by atoms with Gasteiger partial charge in [0.2, 0.25) is 0 Å². The van der Waals surface area contributed by atoms with Gasteiger partial charge in [-0.15, -0.1) is 0 Å². The molecule has 0 saturated carbocycles. The van der Waals surface area contributed by atoms with Crippen molar-refractivity contribution in [2.24, 2.45) is 0 Å². The van der Waals surface area contributed by atoms with Crippen molar-refractivity contribution in [3.63, 3.8) is 0 Å². The van der Waals surface area contributed by atoms with E-state index in [2.05, 4.69) is 24.3 Å². The molecular weight excluding hydrogens is 202 g/mol. The van der Waals surface area contributed by atoms with Crippen LogP contribution >= 0.6 is 0 Å². The number of hydrogen-bond donors (Lipinski definition) is 1. The summed E-state index contributed by atoms with van der Waals surface area (Å²) < 4.78 is 1.78. The first-order valence-corrected chi connectivity index (χ1v) is 5.92. The lowest BCUT2D eigenvalue weighted by Gasteiger charge is -2.06. The molecule has 0 aliphatic heterocycles. The summed E-state index contributed by atoms with van der Waals surface area (Å²) in [5, 5.41) is 7.39. The Kier molecular flexibility index (Phi) is 5.19. The van der Waals surface area contributed by atoms with E-state index >= 15 is 0 Å². The molecule has 0 radical (unpaired) electrons. The molecule has 1 N–H and O–H groups in total. The smallest absolute Gasteiger partial charge is 0.166 e. The minimum atomic E-state index is 0.185. The number of Topliss-reactive ketones (excluding diaryl/α,β-unsaturated/α-hetero) is 1. The van der Waals surface area contributed by atoms with Gasteiger partial charge in [-0.2, -0.15) is 5.10 Å². The van der Waals surface area contributed by atoms with Crippen molar-refractivity contribution in [1.29, 1.82) is 0 Å². The third-order valence-corrected chi connectivity index (χ3v) is 2.41. The van der Waals surface area contributed by atoms with Gasteiger partial charge in [-0.1, -0.05) is 13.8 Å². The van der Waals surface area contributed by atoms with Gasteiger partial charge < -0.3 is 5.32 Å². The number of aromatic nitrogens is 2. The lowest BCUT2D eigenvalue weighted by molar-refractivity contribution is 0.0979. The molecule has 16 heavy (non-hydrogen) atoms. The second-order valence-corrected chi connectivity index (χ2v) is 4.22. The quantitative estimate of drug-likeness (QED) is 0.567. The Balaban J connectivity index is 2.29. The number of rotatable bonds is 7. The average molecular weight is 223 g/mol. The molecule has 0 aromatic carbocycles. The Hall–Kier alpha value is -1.16. The van der Waals surface area contributed by atoms with Crippen LogP contribution < -0.4 is 5.32 Å². The molecule has 0 aliphatic rings. The van der Waals surface area contributed by atoms with Crippen molar-refractivity contribution >= 4 is 5.78 Å². The zero-order valence-corrected chi connectivity index (χ0v) is 10.4. The molecule has 0 aliphatic carbocycles. The first-order chi connectivity index (χ1) is 7.63. The lowest BCUT2D eigenvalue weighted by Crippen LogP contribution is -2.24. The van der Waals surface area contributed by atoms with Crippen molar-refractivity contribution in [2.75, 3.05) is 6.54 Å². The van der Waals surface area contributed by atoms with E-state index in [0.717, 1.165) is 25.1 Å². The molecule has 1 heterocycles. The Morgan fingerprint density at radius 3 is 2.88 bits per heavy atom. The second-order valence-electron chi connectivity index (χ2n) is 4.22. The van der Waals surface area contributed by atoms with Crippen LogP contribution in [0.15, 0.2) is 12.4 Å². The lowest BCUT2D eigenvalue weighted by atomic mass is 10.1. The summed E-state index contributed by atoms with van der Waals surface area (Å²) in [7, 11) is 0. The number of ketones is 1. The Morgan fingerprint density at radius 2 is 2.31 bits per heavy atom. The van der Waals surface area contributed by atoms with Crippen LogP contribution in [-0.2, 0) is 6.54 Å². The van der Waals surface area contributed by atoms with Crippen LogP contribution in [-0.4, -0.2) is 28.2 Å². The summed E-state index contributed by atoms with van der Waals surface area (Å²) in [5.74, 6) is 0.185. The standard InChI is InChI=1S/C12H21N3O/c1-4-15-9-11(8-14-15)12(16)6-5-7-13-10(2)3/h8-10,13H,4-7H2,1-3H3. The van der Waals surface area contributed by atoms with E-state index in [-0.39, 0.29) is 5.78 Å². The maximum absolute atomic E-state index is 11.7. The topological polar surface area (TPSA) is 46.9 Å². The third-order valence-electron chi connectivity index (χ3n) is 2.41. The van der Waals surface area contributed by atoms with E-state index in [1.165, 1.54) is 0 Å². The fraction of sp³-hybridized carbons (Fsp3) is 0.667. The van der Waals surface area contributed by atoms with E-state index in [4.69, 9.17) is 0 Å². The highest BCUT2D eigenvalue weighted by Crippen LogP contribution is 2.04. The number of nitrogens with zero attached hydrogens (tertiary/aromatic N) is 2. The molecule has 4 heteroatoms. The summed E-state index contributed by atoms with van der Waals surface area (Å²) in [6, 6.07) is 0.484. The van der Waals surface area contributed by atoms with E-state index in [0.29, 0.717) is 12.5 Å². The Labute approximate surface area is 97.0 Å². The highest BCUT2D eigenvalue weighted by molar-refractivity contribution is 5.95. The molecule has 0 bridgehead atoms. The summed E-state index contributed by atoms with van der Waals surface area (Å²) >= 11 is 0. The summed E-state index contributed by atoms with van der Waals surface area (Å²) in [5.41, 5.74) is 0.728. The number of carbonyl (C=O) groups excluding carboxylic acids is 1. The van der Waals surface area contributed by atoms with Crippen LogP contribution in [0.3, 0.4) is 0 Å². The predicted octanol–water partition coefficient (Wildman–Crippen LogP) is 1.86. The molecule has 1 aromatic rings. The summed E-state index contributed by atoms with van der Waals surface area (Å²) in [6.07, 6.45) is 4.95. The predicted molar refractivity (Wildman–Crippen MR) is 64.6 cm³/mol. The summed E-state index contributed by atoms with van der Waals surface area (Å²) in [6.45, 7) is 7.92. The fourth-order valence-corrected chi connectivity index (χ4v) is 1.46. The Bertz CT molecular complexity index is 331. The number of aryl methyl sites for hydroxylation is 1. The van der Waals surface area contributed by atoms with Gasteiger partial charge in [-0.05, 0) is 19.9 Å². The van der Waals surface area contributed by atoms with Crippen LogP contribution in [0, 0.1) is 0 Å². The van der Waals surface area contributed by atoms with Gasteiger partial charge in [0.25, 0.3) is 0 Å². The highest BCUT2D eigenvalue weighted by atomic mass is 16.1. The third kappa shape index (κ3) is 4.14. The van der Waals surface area contributed by atoms with Crippen LogP contribution in [0.1, 0.15) is 44.0 Å². The van der Waals surface area contributed by atoms with Gasteiger partial charge in [-0.3, -0.25) is 9.48 Å². The van der Waals surface area contributed by atoms with E-state index in [9.17, 15) is 4.79 Å². The minimum Gasteiger partial charge on any atom is -0.315 e. The van der Waals surface area contributed by atoms with Crippen LogP contribution in [0.2, 0.25) is 0 Å². The number of carbonyl (C=O) groups is 1. The van der Waals surface area contributed by atoms with Gasteiger partial charge >= 0.3 is 0 Å². The fourth-order valence-electron chi connectivity index (χ4n) is 1.46. The zero-order chi connectivity index (χ0) is 12.0. The second kappa shape index (κ2) is 6.43. The van der Waals surface area contributed by atoms with Gasteiger partial charge in [0, 0.05) is 25.2 Å². The largest absolute Gasteiger partial charge is 0.315 e. The molecule has 0 unspecified atom stereocenters. The molecular formula is C12H21N3O. The van der Waals surface area contributed by atoms with Crippen molar-refractivity contribution in [3.05, 3.63) is 18.0 Å². The van der Waals surface area contributed by atoms with E-state index in [1.54, 1.807) is 10.9 Å². The highest BCUT2D eigenvalue weighted by Gasteiger charge is 2.07. The van der Waals surface area contributed by atoms with E-state index < -0.39 is 0 Å². The molecule has 0 saturated heterocycles. The Morgan fingerprint density at radius 1 is 1.56 bits per heavy atom. The van der Waals surface area contributed by atoms with Crippen molar-refractivity contribution in [3.8, 4) is 0 Å². The molecule has 1 rings (SSSR count). The monoisotopic (exact) mass is 223 g/mol. The van der Waals surface area contributed by atoms with Crippen LogP contribution in [0.5, 0.6) is 0 Å². The normalized spacial score (nSPS) is 11.0. The van der Waals surface area contributed by atoms with Crippen LogP contribution in [0.4, 0.5) is 0 Å². The molecule has 90 valence electrons. The number of nitrogens with one attached hydrogen (secondary N) is 1. The van der Waals surface area contributed by atoms with Crippen LogP contribution in [0.25, 0.3) is 0 Å². The molecule has 0 fully saturated rings.